The van der Waals surface area contributed by atoms with E-state index < -0.39 is 5.97 Å². The average Bonchev–Trinajstić information content (AvgIpc) is 3.24. The normalized spacial score (nSPS) is 16.1. The lowest BCUT2D eigenvalue weighted by atomic mass is 10.1. The highest BCUT2D eigenvalue weighted by Crippen LogP contribution is 2.17. The van der Waals surface area contributed by atoms with E-state index in [0.29, 0.717) is 23.5 Å². The summed E-state index contributed by atoms with van der Waals surface area (Å²) < 4.78 is 16.3. The first-order valence-corrected chi connectivity index (χ1v) is 9.29. The molecular weight excluding hydrogens is 344 g/mol. The molecule has 0 N–H and O–H groups in total. The monoisotopic (exact) mass is 368 g/mol. The molecule has 2 aromatic rings. The molecule has 0 spiro atoms. The maximum Gasteiger partial charge on any atom is 0.338 e. The molecule has 2 aromatic carbocycles. The molecule has 3 rings (SSSR count). The first-order chi connectivity index (χ1) is 13.2. The van der Waals surface area contributed by atoms with Crippen LogP contribution in [0.5, 0.6) is 5.75 Å². The first kappa shape index (κ1) is 19.1. The topological polar surface area (TPSA) is 61.8 Å². The summed E-state index contributed by atoms with van der Waals surface area (Å²) in [5.74, 6) is -0.0733. The van der Waals surface area contributed by atoms with E-state index >= 15 is 0 Å². The second-order valence-corrected chi connectivity index (χ2v) is 6.52. The molecule has 5 nitrogen and oxygen atoms in total. The largest absolute Gasteiger partial charge is 0.491 e. The van der Waals surface area contributed by atoms with Crippen LogP contribution in [0.1, 0.15) is 46.0 Å². The van der Waals surface area contributed by atoms with Gasteiger partial charge >= 0.3 is 5.97 Å². The molecule has 0 aromatic heterocycles. The third kappa shape index (κ3) is 5.41. The van der Waals surface area contributed by atoms with Crippen molar-refractivity contribution in [1.82, 2.24) is 0 Å². The Bertz CT molecular complexity index is 758. The van der Waals surface area contributed by atoms with Crippen LogP contribution in [0, 0.1) is 0 Å². The van der Waals surface area contributed by atoms with Crippen molar-refractivity contribution in [1.29, 1.82) is 0 Å². The van der Waals surface area contributed by atoms with Crippen molar-refractivity contribution < 1.29 is 23.8 Å². The minimum Gasteiger partial charge on any atom is -0.491 e. The fourth-order valence-corrected chi connectivity index (χ4v) is 2.88. The van der Waals surface area contributed by atoms with Crippen molar-refractivity contribution in [3.05, 3.63) is 65.2 Å². The highest BCUT2D eigenvalue weighted by atomic mass is 16.5. The van der Waals surface area contributed by atoms with Gasteiger partial charge in [0.1, 0.15) is 12.4 Å². The Morgan fingerprint density at radius 1 is 1.04 bits per heavy atom. The predicted molar refractivity (Wildman–Crippen MR) is 101 cm³/mol. The number of aryl methyl sites for hydroxylation is 1. The molecule has 1 atom stereocenters. The number of esters is 1. The molecule has 0 amide bonds. The van der Waals surface area contributed by atoms with Gasteiger partial charge in [-0.05, 0) is 49.1 Å². The average molecular weight is 368 g/mol. The van der Waals surface area contributed by atoms with Crippen molar-refractivity contribution in [3.8, 4) is 5.75 Å². The number of Topliss-reactive ketones (excluding diaryl/α,β-unsaturated/α-hetero) is 1. The molecule has 1 saturated heterocycles. The van der Waals surface area contributed by atoms with Gasteiger partial charge in [0.05, 0.1) is 11.7 Å². The summed E-state index contributed by atoms with van der Waals surface area (Å²) in [6, 6.07) is 14.0. The highest BCUT2D eigenvalue weighted by molar-refractivity contribution is 5.99. The lowest BCUT2D eigenvalue weighted by Gasteiger charge is -2.11. The van der Waals surface area contributed by atoms with Crippen molar-refractivity contribution in [2.24, 2.45) is 0 Å². The van der Waals surface area contributed by atoms with Gasteiger partial charge in [0.2, 0.25) is 0 Å². The molecule has 27 heavy (non-hydrogen) atoms. The van der Waals surface area contributed by atoms with E-state index in [-0.39, 0.29) is 18.5 Å². The molecule has 5 heteroatoms. The number of hydrogen-bond acceptors (Lipinski definition) is 5. The highest BCUT2D eigenvalue weighted by Gasteiger charge is 2.16. The molecule has 0 radical (unpaired) electrons. The molecular formula is C22H24O5. The maximum atomic E-state index is 12.1. The number of carbonyl (C=O) groups is 2. The van der Waals surface area contributed by atoms with Crippen LogP contribution in [0.4, 0.5) is 0 Å². The SMILES string of the molecule is CCc1ccc(C(=O)COC(=O)c2ccc(OC[C@H]3CCCO3)cc2)cc1. The van der Waals surface area contributed by atoms with E-state index in [1.165, 1.54) is 0 Å². The van der Waals surface area contributed by atoms with Crippen LogP contribution in [0.15, 0.2) is 48.5 Å². The van der Waals surface area contributed by atoms with Gasteiger partial charge in [-0.3, -0.25) is 4.79 Å². The Hall–Kier alpha value is -2.66. The summed E-state index contributed by atoms with van der Waals surface area (Å²) in [4.78, 5) is 24.3. The third-order valence-corrected chi connectivity index (χ3v) is 4.57. The summed E-state index contributed by atoms with van der Waals surface area (Å²) in [6.45, 7) is 3.08. The summed E-state index contributed by atoms with van der Waals surface area (Å²) in [5.41, 5.74) is 2.08. The van der Waals surface area contributed by atoms with Crippen molar-refractivity contribution >= 4 is 11.8 Å². The Balaban J connectivity index is 1.47. The Kier molecular flexibility index (Phi) is 6.60. The molecule has 0 aliphatic carbocycles. The van der Waals surface area contributed by atoms with E-state index in [1.807, 2.05) is 12.1 Å². The van der Waals surface area contributed by atoms with Crippen LogP contribution >= 0.6 is 0 Å². The summed E-state index contributed by atoms with van der Waals surface area (Å²) in [5, 5.41) is 0. The van der Waals surface area contributed by atoms with Crippen molar-refractivity contribution in [3.63, 3.8) is 0 Å². The Morgan fingerprint density at radius 2 is 1.74 bits per heavy atom. The standard InChI is InChI=1S/C22H24O5/c1-2-16-5-7-17(8-6-16)21(23)15-27-22(24)18-9-11-19(12-10-18)26-14-20-4-3-13-25-20/h5-12,20H,2-4,13-15H2,1H3/t20-/m1/s1. The van der Waals surface area contributed by atoms with Crippen molar-refractivity contribution in [2.45, 2.75) is 32.3 Å². The van der Waals surface area contributed by atoms with Gasteiger partial charge in [0.15, 0.2) is 12.4 Å². The van der Waals surface area contributed by atoms with E-state index in [2.05, 4.69) is 6.92 Å². The van der Waals surface area contributed by atoms with Crippen LogP contribution in [-0.4, -0.2) is 37.7 Å². The van der Waals surface area contributed by atoms with E-state index in [0.717, 1.165) is 31.4 Å². The molecule has 1 heterocycles. The third-order valence-electron chi connectivity index (χ3n) is 4.57. The van der Waals surface area contributed by atoms with Gasteiger partial charge in [-0.2, -0.15) is 0 Å². The van der Waals surface area contributed by atoms with Gasteiger partial charge in [0, 0.05) is 12.2 Å². The van der Waals surface area contributed by atoms with E-state index in [1.54, 1.807) is 36.4 Å². The van der Waals surface area contributed by atoms with Crippen molar-refractivity contribution in [2.75, 3.05) is 19.8 Å². The molecule has 0 saturated carbocycles. The number of rotatable bonds is 8. The summed E-state index contributed by atoms with van der Waals surface area (Å²) in [7, 11) is 0. The van der Waals surface area contributed by atoms with Crippen LogP contribution < -0.4 is 4.74 Å². The molecule has 1 fully saturated rings. The van der Waals surface area contributed by atoms with Gasteiger partial charge in [0.25, 0.3) is 0 Å². The van der Waals surface area contributed by atoms with E-state index in [4.69, 9.17) is 14.2 Å². The number of benzene rings is 2. The lowest BCUT2D eigenvalue weighted by Crippen LogP contribution is -2.16. The number of hydrogen-bond donors (Lipinski definition) is 0. The zero-order valence-electron chi connectivity index (χ0n) is 15.5. The van der Waals surface area contributed by atoms with Crippen LogP contribution in [0.25, 0.3) is 0 Å². The van der Waals surface area contributed by atoms with Gasteiger partial charge < -0.3 is 14.2 Å². The first-order valence-electron chi connectivity index (χ1n) is 9.29. The minimum atomic E-state index is -0.529. The van der Waals surface area contributed by atoms with Crippen LogP contribution in [0.3, 0.4) is 0 Å². The molecule has 142 valence electrons. The molecule has 0 bridgehead atoms. The second kappa shape index (κ2) is 9.33. The summed E-state index contributed by atoms with van der Waals surface area (Å²) in [6.07, 6.45) is 3.14. The Labute approximate surface area is 159 Å². The summed E-state index contributed by atoms with van der Waals surface area (Å²) >= 11 is 0. The molecule has 0 unspecified atom stereocenters. The molecule has 1 aliphatic rings. The Morgan fingerprint density at radius 3 is 2.37 bits per heavy atom. The minimum absolute atomic E-state index is 0.145. The van der Waals surface area contributed by atoms with Gasteiger partial charge in [-0.25, -0.2) is 4.79 Å². The number of carbonyl (C=O) groups excluding carboxylic acids is 2. The maximum absolute atomic E-state index is 12.1. The quantitative estimate of drug-likeness (QED) is 0.523. The number of ether oxygens (including phenoxy) is 3. The smallest absolute Gasteiger partial charge is 0.338 e. The zero-order chi connectivity index (χ0) is 19.1. The second-order valence-electron chi connectivity index (χ2n) is 6.52. The van der Waals surface area contributed by atoms with E-state index in [9.17, 15) is 9.59 Å². The fraction of sp³-hybridized carbons (Fsp3) is 0.364. The zero-order valence-corrected chi connectivity index (χ0v) is 15.5. The predicted octanol–water partition coefficient (Wildman–Crippen LogP) is 3.85. The molecule has 1 aliphatic heterocycles. The fourth-order valence-electron chi connectivity index (χ4n) is 2.88. The lowest BCUT2D eigenvalue weighted by molar-refractivity contribution is 0.0474. The van der Waals surface area contributed by atoms with Gasteiger partial charge in [-0.1, -0.05) is 31.2 Å². The number of ketones is 1. The van der Waals surface area contributed by atoms with Crippen LogP contribution in [-0.2, 0) is 15.9 Å². The van der Waals surface area contributed by atoms with Gasteiger partial charge in [-0.15, -0.1) is 0 Å². The van der Waals surface area contributed by atoms with Crippen LogP contribution in [0.2, 0.25) is 0 Å².